The molecule has 0 aliphatic heterocycles. The topological polar surface area (TPSA) is 67.4 Å². The molecule has 0 saturated carbocycles. The molecule has 35 heavy (non-hydrogen) atoms. The third-order valence-electron chi connectivity index (χ3n) is 6.70. The van der Waals surface area contributed by atoms with Crippen LogP contribution in [0, 0.1) is 18.3 Å². The van der Waals surface area contributed by atoms with Crippen LogP contribution in [0.3, 0.4) is 0 Å². The van der Waals surface area contributed by atoms with Gasteiger partial charge in [0.1, 0.15) is 11.3 Å². The van der Waals surface area contributed by atoms with Crippen LogP contribution in [0.2, 0.25) is 0 Å². The molecule has 5 nitrogen and oxygen atoms in total. The zero-order chi connectivity index (χ0) is 24.2. The van der Waals surface area contributed by atoms with Crippen molar-refractivity contribution in [2.75, 3.05) is 0 Å². The summed E-state index contributed by atoms with van der Waals surface area (Å²) in [6.45, 7) is 5.88. The van der Waals surface area contributed by atoms with Gasteiger partial charge in [0.25, 0.3) is 0 Å². The van der Waals surface area contributed by atoms with Crippen LogP contribution < -0.4 is 0 Å². The zero-order valence-electron chi connectivity index (χ0n) is 19.8. The largest absolute Gasteiger partial charge is 0.296 e. The summed E-state index contributed by atoms with van der Waals surface area (Å²) in [7, 11) is 0. The molecular formula is C30H23N5. The van der Waals surface area contributed by atoms with Gasteiger partial charge in [-0.25, -0.2) is 4.98 Å². The Kier molecular flexibility index (Phi) is 4.65. The second-order valence-electron chi connectivity index (χ2n) is 9.42. The van der Waals surface area contributed by atoms with E-state index in [0.29, 0.717) is 0 Å². The normalized spacial score (nSPS) is 11.8. The number of hydrogen-bond donors (Lipinski definition) is 0. The van der Waals surface area contributed by atoms with E-state index in [1.54, 1.807) is 0 Å². The van der Waals surface area contributed by atoms with Gasteiger partial charge in [-0.3, -0.25) is 14.5 Å². The second-order valence-corrected chi connectivity index (χ2v) is 9.42. The Bertz CT molecular complexity index is 1790. The number of nitriles is 1. The molecule has 0 fully saturated rings. The lowest BCUT2D eigenvalue weighted by molar-refractivity contribution is 0.686. The number of hydrogen-bond acceptors (Lipinski definition) is 4. The number of nitrogens with zero attached hydrogens (tertiary/aromatic N) is 5. The smallest absolute Gasteiger partial charge is 0.111 e. The standard InChI is InChI=1S/C30H23N5/c1-19-34-28-17-33-27-13-8-20(22-14-21-6-4-5-7-26(21)32-16-22)15-25(27)29(28)35(19)24-11-9-23(10-12-24)30(2,3)18-31/h4-17H,1-3H3. The van der Waals surface area contributed by atoms with Crippen LogP contribution in [0.1, 0.15) is 25.2 Å². The predicted molar refractivity (Wildman–Crippen MR) is 140 cm³/mol. The number of pyridine rings is 2. The molecule has 5 heteroatoms. The van der Waals surface area contributed by atoms with Gasteiger partial charge in [-0.05, 0) is 68.3 Å². The highest BCUT2D eigenvalue weighted by Crippen LogP contribution is 2.32. The van der Waals surface area contributed by atoms with Crippen LogP contribution in [0.25, 0.3) is 49.7 Å². The number of imidazole rings is 1. The summed E-state index contributed by atoms with van der Waals surface area (Å²) in [5, 5.41) is 11.7. The summed E-state index contributed by atoms with van der Waals surface area (Å²) < 4.78 is 2.17. The van der Waals surface area contributed by atoms with Crippen LogP contribution in [-0.2, 0) is 5.41 Å². The maximum absolute atomic E-state index is 9.51. The van der Waals surface area contributed by atoms with Crippen molar-refractivity contribution < 1.29 is 0 Å². The third kappa shape index (κ3) is 3.43. The van der Waals surface area contributed by atoms with E-state index in [0.717, 1.165) is 61.0 Å². The molecule has 0 aliphatic carbocycles. The Labute approximate surface area is 203 Å². The average molecular weight is 454 g/mol. The fourth-order valence-electron chi connectivity index (χ4n) is 4.69. The lowest BCUT2D eigenvalue weighted by Gasteiger charge is -2.17. The first-order valence-electron chi connectivity index (χ1n) is 11.6. The highest BCUT2D eigenvalue weighted by molar-refractivity contribution is 6.05. The molecule has 0 atom stereocenters. The van der Waals surface area contributed by atoms with Crippen LogP contribution in [0.15, 0.2) is 85.2 Å². The molecule has 3 aromatic heterocycles. The van der Waals surface area contributed by atoms with E-state index in [2.05, 4.69) is 63.1 Å². The summed E-state index contributed by atoms with van der Waals surface area (Å²) >= 11 is 0. The van der Waals surface area contributed by atoms with Crippen molar-refractivity contribution in [3.05, 3.63) is 96.6 Å². The Hall–Kier alpha value is -4.56. The van der Waals surface area contributed by atoms with Gasteiger partial charge >= 0.3 is 0 Å². The third-order valence-corrected chi connectivity index (χ3v) is 6.70. The van der Waals surface area contributed by atoms with Crippen LogP contribution in [-0.4, -0.2) is 19.5 Å². The number of benzene rings is 3. The van der Waals surface area contributed by atoms with Crippen molar-refractivity contribution in [3.8, 4) is 22.9 Å². The Morgan fingerprint density at radius 1 is 0.800 bits per heavy atom. The Morgan fingerprint density at radius 2 is 1.57 bits per heavy atom. The number of para-hydroxylation sites is 1. The van der Waals surface area contributed by atoms with E-state index < -0.39 is 5.41 Å². The van der Waals surface area contributed by atoms with Gasteiger partial charge in [0.05, 0.1) is 34.2 Å². The van der Waals surface area contributed by atoms with Gasteiger partial charge in [-0.2, -0.15) is 5.26 Å². The van der Waals surface area contributed by atoms with Crippen LogP contribution in [0.4, 0.5) is 0 Å². The first kappa shape index (κ1) is 21.0. The molecule has 0 N–H and O–H groups in total. The van der Waals surface area contributed by atoms with Gasteiger partial charge in [-0.1, -0.05) is 36.4 Å². The van der Waals surface area contributed by atoms with Crippen LogP contribution in [0.5, 0.6) is 0 Å². The molecule has 0 spiro atoms. The second kappa shape index (κ2) is 7.75. The Balaban J connectivity index is 1.55. The SMILES string of the molecule is Cc1nc2cnc3ccc(-c4cnc5ccccc5c4)cc3c2n1-c1ccc(C(C)(C)C#N)cc1. The minimum atomic E-state index is -0.538. The molecule has 0 saturated heterocycles. The molecule has 6 rings (SSSR count). The molecule has 168 valence electrons. The lowest BCUT2D eigenvalue weighted by Crippen LogP contribution is -2.13. The van der Waals surface area contributed by atoms with Crippen molar-refractivity contribution in [3.63, 3.8) is 0 Å². The molecule has 6 aromatic rings. The molecule has 0 bridgehead atoms. The van der Waals surface area contributed by atoms with Crippen LogP contribution >= 0.6 is 0 Å². The van der Waals surface area contributed by atoms with E-state index in [9.17, 15) is 5.26 Å². The van der Waals surface area contributed by atoms with Gasteiger partial charge in [-0.15, -0.1) is 0 Å². The van der Waals surface area contributed by atoms with Crippen molar-refractivity contribution in [1.29, 1.82) is 5.26 Å². The maximum Gasteiger partial charge on any atom is 0.111 e. The number of rotatable bonds is 3. The van der Waals surface area contributed by atoms with Crippen molar-refractivity contribution in [1.82, 2.24) is 19.5 Å². The lowest BCUT2D eigenvalue weighted by atomic mass is 9.86. The van der Waals surface area contributed by atoms with Gasteiger partial charge in [0.2, 0.25) is 0 Å². The van der Waals surface area contributed by atoms with Gasteiger partial charge < -0.3 is 0 Å². The zero-order valence-corrected chi connectivity index (χ0v) is 19.8. The van der Waals surface area contributed by atoms with Crippen molar-refractivity contribution in [2.45, 2.75) is 26.2 Å². The molecule has 3 aromatic carbocycles. The van der Waals surface area contributed by atoms with Gasteiger partial charge in [0.15, 0.2) is 0 Å². The summed E-state index contributed by atoms with van der Waals surface area (Å²) in [5.41, 5.74) is 7.38. The molecular weight excluding hydrogens is 430 g/mol. The van der Waals surface area contributed by atoms with Gasteiger partial charge in [0, 0.05) is 28.2 Å². The minimum absolute atomic E-state index is 0.538. The molecule has 0 aliphatic rings. The maximum atomic E-state index is 9.51. The first-order valence-corrected chi connectivity index (χ1v) is 11.6. The molecule has 0 radical (unpaired) electrons. The predicted octanol–water partition coefficient (Wildman–Crippen LogP) is 6.90. The number of aryl methyl sites for hydroxylation is 1. The van der Waals surface area contributed by atoms with E-state index in [-0.39, 0.29) is 0 Å². The summed E-state index contributed by atoms with van der Waals surface area (Å²) in [4.78, 5) is 14.1. The quantitative estimate of drug-likeness (QED) is 0.292. The fourth-order valence-corrected chi connectivity index (χ4v) is 4.69. The van der Waals surface area contributed by atoms with E-state index in [1.807, 2.05) is 63.5 Å². The van der Waals surface area contributed by atoms with E-state index in [4.69, 9.17) is 4.98 Å². The van der Waals surface area contributed by atoms with E-state index in [1.165, 1.54) is 0 Å². The number of aromatic nitrogens is 4. The summed E-state index contributed by atoms with van der Waals surface area (Å²) in [6.07, 6.45) is 3.76. The number of fused-ring (bicyclic) bond motifs is 4. The summed E-state index contributed by atoms with van der Waals surface area (Å²) in [6, 6.07) is 27.2. The summed E-state index contributed by atoms with van der Waals surface area (Å²) in [5.74, 6) is 0.888. The highest BCUT2D eigenvalue weighted by Gasteiger charge is 2.20. The fraction of sp³-hybridized carbons (Fsp3) is 0.133. The monoisotopic (exact) mass is 453 g/mol. The molecule has 0 unspecified atom stereocenters. The average Bonchev–Trinajstić information content (AvgIpc) is 3.24. The first-order chi connectivity index (χ1) is 16.9. The molecule has 3 heterocycles. The van der Waals surface area contributed by atoms with Crippen molar-refractivity contribution >= 4 is 32.8 Å². The van der Waals surface area contributed by atoms with Crippen molar-refractivity contribution in [2.24, 2.45) is 0 Å². The molecule has 0 amide bonds. The Morgan fingerprint density at radius 3 is 2.37 bits per heavy atom. The van der Waals surface area contributed by atoms with E-state index >= 15 is 0 Å². The minimum Gasteiger partial charge on any atom is -0.296 e. The highest BCUT2D eigenvalue weighted by atomic mass is 15.1.